The second-order valence-corrected chi connectivity index (χ2v) is 5.97. The van der Waals surface area contributed by atoms with E-state index in [1.54, 1.807) is 0 Å². The molecular formula is C18H25N3. The Kier molecular flexibility index (Phi) is 4.71. The largest absolute Gasteiger partial charge is 0.334 e. The normalized spacial score (nSPS) is 22.3. The van der Waals surface area contributed by atoms with E-state index in [-0.39, 0.29) is 0 Å². The van der Waals surface area contributed by atoms with Gasteiger partial charge >= 0.3 is 0 Å². The van der Waals surface area contributed by atoms with Gasteiger partial charge < -0.3 is 9.88 Å². The van der Waals surface area contributed by atoms with Gasteiger partial charge in [0, 0.05) is 25.0 Å². The number of rotatable bonds is 5. The number of aromatic nitrogens is 2. The van der Waals surface area contributed by atoms with E-state index in [4.69, 9.17) is 0 Å². The third-order valence-electron chi connectivity index (χ3n) is 4.69. The van der Waals surface area contributed by atoms with Gasteiger partial charge in [-0.05, 0) is 44.1 Å². The number of aryl methyl sites for hydroxylation is 1. The summed E-state index contributed by atoms with van der Waals surface area (Å²) in [6, 6.07) is 11.6. The first-order valence-electron chi connectivity index (χ1n) is 8.15. The average molecular weight is 283 g/mol. The summed E-state index contributed by atoms with van der Waals surface area (Å²) in [6.45, 7) is 4.05. The van der Waals surface area contributed by atoms with Crippen LogP contribution in [0, 0.1) is 0 Å². The van der Waals surface area contributed by atoms with Gasteiger partial charge in [0.05, 0.1) is 6.54 Å². The Bertz CT molecular complexity index is 539. The molecule has 1 aliphatic rings. The van der Waals surface area contributed by atoms with E-state index < -0.39 is 0 Å². The van der Waals surface area contributed by atoms with Crippen LogP contribution in [0.15, 0.2) is 42.7 Å². The molecule has 1 aliphatic carbocycles. The summed E-state index contributed by atoms with van der Waals surface area (Å²) in [6.07, 6.45) is 9.09. The quantitative estimate of drug-likeness (QED) is 0.906. The van der Waals surface area contributed by atoms with Crippen LogP contribution in [-0.2, 0) is 13.1 Å². The molecule has 21 heavy (non-hydrogen) atoms. The van der Waals surface area contributed by atoms with Crippen molar-refractivity contribution < 1.29 is 0 Å². The van der Waals surface area contributed by atoms with Gasteiger partial charge in [-0.2, -0.15) is 0 Å². The second kappa shape index (κ2) is 6.90. The molecule has 1 aromatic carbocycles. The van der Waals surface area contributed by atoms with Crippen LogP contribution in [0.3, 0.4) is 0 Å². The molecule has 0 spiro atoms. The highest BCUT2D eigenvalue weighted by Gasteiger charge is 2.22. The highest BCUT2D eigenvalue weighted by molar-refractivity contribution is 5.20. The minimum Gasteiger partial charge on any atom is -0.334 e. The molecule has 0 saturated heterocycles. The maximum absolute atomic E-state index is 4.43. The van der Waals surface area contributed by atoms with Gasteiger partial charge in [0.1, 0.15) is 5.82 Å². The molecule has 1 aromatic heterocycles. The standard InChI is InChI=1S/C18H25N3/c1-2-21-13-12-19-18(21)14-20-17-10-8-16(9-11-17)15-6-4-3-5-7-15/h3-7,12-13,16-17,20H,2,8-11,14H2,1H3. The van der Waals surface area contributed by atoms with Gasteiger partial charge in [0.15, 0.2) is 0 Å². The molecular weight excluding hydrogens is 258 g/mol. The predicted molar refractivity (Wildman–Crippen MR) is 86.2 cm³/mol. The van der Waals surface area contributed by atoms with Gasteiger partial charge in [-0.3, -0.25) is 0 Å². The fourth-order valence-corrected chi connectivity index (χ4v) is 3.39. The number of nitrogens with zero attached hydrogens (tertiary/aromatic N) is 2. The van der Waals surface area contributed by atoms with Crippen molar-refractivity contribution in [3.05, 3.63) is 54.1 Å². The summed E-state index contributed by atoms with van der Waals surface area (Å²) >= 11 is 0. The van der Waals surface area contributed by atoms with Crippen molar-refractivity contribution in [2.45, 2.75) is 57.7 Å². The molecule has 0 amide bonds. The predicted octanol–water partition coefficient (Wildman–Crippen LogP) is 3.72. The topological polar surface area (TPSA) is 29.9 Å². The van der Waals surface area contributed by atoms with Gasteiger partial charge in [-0.25, -0.2) is 4.98 Å². The smallest absolute Gasteiger partial charge is 0.122 e. The molecule has 3 rings (SSSR count). The number of hydrogen-bond donors (Lipinski definition) is 1. The first kappa shape index (κ1) is 14.3. The van der Waals surface area contributed by atoms with Crippen molar-refractivity contribution in [1.82, 2.24) is 14.9 Å². The van der Waals surface area contributed by atoms with Crippen molar-refractivity contribution in [2.24, 2.45) is 0 Å². The molecule has 0 aliphatic heterocycles. The molecule has 0 unspecified atom stereocenters. The van der Waals surface area contributed by atoms with E-state index in [0.29, 0.717) is 6.04 Å². The fourth-order valence-electron chi connectivity index (χ4n) is 3.39. The van der Waals surface area contributed by atoms with E-state index in [9.17, 15) is 0 Å². The first-order chi connectivity index (χ1) is 10.4. The first-order valence-corrected chi connectivity index (χ1v) is 8.15. The summed E-state index contributed by atoms with van der Waals surface area (Å²) in [4.78, 5) is 4.43. The van der Waals surface area contributed by atoms with Gasteiger partial charge in [0.25, 0.3) is 0 Å². The summed E-state index contributed by atoms with van der Waals surface area (Å²) in [5, 5.41) is 3.69. The van der Waals surface area contributed by atoms with E-state index in [1.165, 1.54) is 31.2 Å². The molecule has 0 atom stereocenters. The van der Waals surface area contributed by atoms with Crippen LogP contribution in [0.4, 0.5) is 0 Å². The van der Waals surface area contributed by atoms with Gasteiger partial charge in [-0.1, -0.05) is 30.3 Å². The Morgan fingerprint density at radius 3 is 2.62 bits per heavy atom. The van der Waals surface area contributed by atoms with Crippen LogP contribution in [0.25, 0.3) is 0 Å². The lowest BCUT2D eigenvalue weighted by atomic mass is 9.82. The lowest BCUT2D eigenvalue weighted by molar-refractivity contribution is 0.338. The summed E-state index contributed by atoms with van der Waals surface area (Å²) in [7, 11) is 0. The molecule has 0 radical (unpaired) electrons. The number of nitrogens with one attached hydrogen (secondary N) is 1. The SMILES string of the molecule is CCn1ccnc1CNC1CCC(c2ccccc2)CC1. The summed E-state index contributed by atoms with van der Waals surface area (Å²) < 4.78 is 2.21. The summed E-state index contributed by atoms with van der Waals surface area (Å²) in [5.41, 5.74) is 1.51. The lowest BCUT2D eigenvalue weighted by Crippen LogP contribution is -2.33. The third-order valence-corrected chi connectivity index (χ3v) is 4.69. The highest BCUT2D eigenvalue weighted by atomic mass is 15.1. The maximum atomic E-state index is 4.43. The van der Waals surface area contributed by atoms with Crippen LogP contribution in [-0.4, -0.2) is 15.6 Å². The lowest BCUT2D eigenvalue weighted by Gasteiger charge is -2.29. The van der Waals surface area contributed by atoms with Crippen LogP contribution in [0.5, 0.6) is 0 Å². The zero-order chi connectivity index (χ0) is 14.5. The van der Waals surface area contributed by atoms with Crippen LogP contribution < -0.4 is 5.32 Å². The molecule has 3 nitrogen and oxygen atoms in total. The van der Waals surface area contributed by atoms with E-state index >= 15 is 0 Å². The monoisotopic (exact) mass is 283 g/mol. The maximum Gasteiger partial charge on any atom is 0.122 e. The summed E-state index contributed by atoms with van der Waals surface area (Å²) in [5.74, 6) is 1.91. The number of imidazole rings is 1. The molecule has 1 heterocycles. The molecule has 1 saturated carbocycles. The second-order valence-electron chi connectivity index (χ2n) is 5.97. The molecule has 1 N–H and O–H groups in total. The molecule has 0 bridgehead atoms. The van der Waals surface area contributed by atoms with E-state index in [0.717, 1.165) is 24.8 Å². The van der Waals surface area contributed by atoms with Crippen molar-refractivity contribution in [1.29, 1.82) is 0 Å². The third kappa shape index (κ3) is 3.53. The fraction of sp³-hybridized carbons (Fsp3) is 0.500. The Morgan fingerprint density at radius 1 is 1.14 bits per heavy atom. The van der Waals surface area contributed by atoms with Crippen LogP contribution >= 0.6 is 0 Å². The Labute approximate surface area is 127 Å². The molecule has 2 aromatic rings. The molecule has 1 fully saturated rings. The molecule has 3 heteroatoms. The molecule has 112 valence electrons. The Hall–Kier alpha value is -1.61. The minimum atomic E-state index is 0.645. The minimum absolute atomic E-state index is 0.645. The van der Waals surface area contributed by atoms with Crippen LogP contribution in [0.2, 0.25) is 0 Å². The van der Waals surface area contributed by atoms with E-state index in [1.807, 2.05) is 6.20 Å². The Balaban J connectivity index is 1.48. The van der Waals surface area contributed by atoms with Crippen molar-refractivity contribution in [2.75, 3.05) is 0 Å². The van der Waals surface area contributed by atoms with Gasteiger partial charge in [0.2, 0.25) is 0 Å². The Morgan fingerprint density at radius 2 is 1.90 bits per heavy atom. The average Bonchev–Trinajstić information content (AvgIpc) is 3.02. The van der Waals surface area contributed by atoms with E-state index in [2.05, 4.69) is 58.3 Å². The highest BCUT2D eigenvalue weighted by Crippen LogP contribution is 2.32. The number of benzene rings is 1. The van der Waals surface area contributed by atoms with Gasteiger partial charge in [-0.15, -0.1) is 0 Å². The van der Waals surface area contributed by atoms with Crippen molar-refractivity contribution in [3.8, 4) is 0 Å². The van der Waals surface area contributed by atoms with Crippen molar-refractivity contribution >= 4 is 0 Å². The number of hydrogen-bond acceptors (Lipinski definition) is 2. The zero-order valence-electron chi connectivity index (χ0n) is 12.8. The van der Waals surface area contributed by atoms with Crippen LogP contribution in [0.1, 0.15) is 49.9 Å². The zero-order valence-corrected chi connectivity index (χ0v) is 12.8. The van der Waals surface area contributed by atoms with Crippen molar-refractivity contribution in [3.63, 3.8) is 0 Å².